The number of benzene rings is 1. The van der Waals surface area contributed by atoms with Crippen molar-refractivity contribution in [3.05, 3.63) is 35.4 Å². The maximum Gasteiger partial charge on any atom is 0.317 e. The highest BCUT2D eigenvalue weighted by molar-refractivity contribution is 5.74. The number of nitrogens with one attached hydrogen (secondary N) is 1. The minimum Gasteiger partial charge on any atom is -0.334 e. The molecule has 0 saturated carbocycles. The van der Waals surface area contributed by atoms with E-state index in [-0.39, 0.29) is 6.03 Å². The van der Waals surface area contributed by atoms with Gasteiger partial charge in [-0.05, 0) is 37.6 Å². The lowest BCUT2D eigenvalue weighted by molar-refractivity contribution is 0.199. The Morgan fingerprint density at radius 2 is 1.86 bits per heavy atom. The van der Waals surface area contributed by atoms with Crippen LogP contribution in [0.3, 0.4) is 0 Å². The van der Waals surface area contributed by atoms with Gasteiger partial charge >= 0.3 is 6.03 Å². The number of hydrogen-bond acceptors (Lipinski definition) is 2. The zero-order valence-corrected chi connectivity index (χ0v) is 14.0. The van der Waals surface area contributed by atoms with Crippen LogP contribution in [0.15, 0.2) is 24.3 Å². The Labute approximate surface area is 134 Å². The first kappa shape index (κ1) is 16.8. The minimum absolute atomic E-state index is 0.0815. The van der Waals surface area contributed by atoms with Crippen molar-refractivity contribution in [3.8, 4) is 0 Å². The normalized spacial score (nSPS) is 15.7. The third-order valence-electron chi connectivity index (χ3n) is 4.32. The van der Waals surface area contributed by atoms with E-state index in [0.29, 0.717) is 6.54 Å². The van der Waals surface area contributed by atoms with Crippen molar-refractivity contribution >= 4 is 6.03 Å². The van der Waals surface area contributed by atoms with E-state index >= 15 is 0 Å². The van der Waals surface area contributed by atoms with Gasteiger partial charge in [-0.2, -0.15) is 0 Å². The van der Waals surface area contributed by atoms with Crippen LogP contribution in [0.4, 0.5) is 4.79 Å². The summed E-state index contributed by atoms with van der Waals surface area (Å²) >= 11 is 0. The van der Waals surface area contributed by atoms with Gasteiger partial charge in [0, 0.05) is 26.2 Å². The van der Waals surface area contributed by atoms with Gasteiger partial charge in [0.2, 0.25) is 0 Å². The second-order valence-electron chi connectivity index (χ2n) is 6.21. The molecule has 0 bridgehead atoms. The summed E-state index contributed by atoms with van der Waals surface area (Å²) in [6.45, 7) is 6.55. The molecule has 1 N–H and O–H groups in total. The maximum atomic E-state index is 12.2. The highest BCUT2D eigenvalue weighted by Crippen LogP contribution is 2.11. The van der Waals surface area contributed by atoms with Crippen molar-refractivity contribution in [3.63, 3.8) is 0 Å². The Bertz CT molecular complexity index is 467. The summed E-state index contributed by atoms with van der Waals surface area (Å²) in [5.74, 6) is 0. The number of urea groups is 1. The molecule has 1 aliphatic rings. The van der Waals surface area contributed by atoms with Crippen LogP contribution in [0.1, 0.15) is 43.7 Å². The predicted octanol–water partition coefficient (Wildman–Crippen LogP) is 3.22. The van der Waals surface area contributed by atoms with Gasteiger partial charge < -0.3 is 15.1 Å². The van der Waals surface area contributed by atoms with E-state index in [1.807, 2.05) is 4.90 Å². The Morgan fingerprint density at radius 3 is 2.55 bits per heavy atom. The first-order chi connectivity index (χ1) is 10.7. The standard InChI is InChI=1S/C18H29N3O/c1-3-20(2)15-17-10-8-9-16(13-17)14-19-18(22)21-11-6-4-5-7-12-21/h8-10,13H,3-7,11-12,14-15H2,1-2H3,(H,19,22). The summed E-state index contributed by atoms with van der Waals surface area (Å²) < 4.78 is 0. The van der Waals surface area contributed by atoms with E-state index in [9.17, 15) is 4.79 Å². The number of likely N-dealkylation sites (tertiary alicyclic amines) is 1. The Balaban J connectivity index is 1.85. The zero-order valence-electron chi connectivity index (χ0n) is 14.0. The predicted molar refractivity (Wildman–Crippen MR) is 90.7 cm³/mol. The molecule has 0 aromatic heterocycles. The summed E-state index contributed by atoms with van der Waals surface area (Å²) in [7, 11) is 2.12. The van der Waals surface area contributed by atoms with Crippen molar-refractivity contribution in [2.24, 2.45) is 0 Å². The first-order valence-corrected chi connectivity index (χ1v) is 8.48. The molecule has 1 aromatic carbocycles. The molecule has 1 aromatic rings. The van der Waals surface area contributed by atoms with Crippen molar-refractivity contribution in [1.29, 1.82) is 0 Å². The number of nitrogens with zero attached hydrogens (tertiary/aromatic N) is 2. The molecule has 4 heteroatoms. The Kier molecular flexibility index (Phi) is 6.72. The van der Waals surface area contributed by atoms with Crippen LogP contribution in [-0.4, -0.2) is 42.5 Å². The van der Waals surface area contributed by atoms with Gasteiger partial charge in [0.15, 0.2) is 0 Å². The fraction of sp³-hybridized carbons (Fsp3) is 0.611. The number of amides is 2. The number of carbonyl (C=O) groups is 1. The summed E-state index contributed by atoms with van der Waals surface area (Å²) in [5.41, 5.74) is 2.47. The van der Waals surface area contributed by atoms with Crippen molar-refractivity contribution in [2.45, 2.75) is 45.7 Å². The highest BCUT2D eigenvalue weighted by Gasteiger charge is 2.14. The fourth-order valence-electron chi connectivity index (χ4n) is 2.82. The topological polar surface area (TPSA) is 35.6 Å². The molecule has 1 heterocycles. The van der Waals surface area contributed by atoms with Crippen LogP contribution in [0.5, 0.6) is 0 Å². The lowest BCUT2D eigenvalue weighted by Gasteiger charge is -2.21. The van der Waals surface area contributed by atoms with Crippen molar-refractivity contribution in [1.82, 2.24) is 15.1 Å². The summed E-state index contributed by atoms with van der Waals surface area (Å²) in [6, 6.07) is 8.57. The maximum absolute atomic E-state index is 12.2. The molecular weight excluding hydrogens is 274 g/mol. The van der Waals surface area contributed by atoms with Gasteiger partial charge in [-0.25, -0.2) is 4.79 Å². The molecular formula is C18H29N3O. The molecule has 2 amide bonds. The van der Waals surface area contributed by atoms with Gasteiger partial charge in [-0.15, -0.1) is 0 Å². The molecule has 1 fully saturated rings. The van der Waals surface area contributed by atoms with Gasteiger partial charge in [-0.1, -0.05) is 44.0 Å². The number of carbonyl (C=O) groups excluding carboxylic acids is 1. The van der Waals surface area contributed by atoms with Crippen LogP contribution in [-0.2, 0) is 13.1 Å². The van der Waals surface area contributed by atoms with E-state index in [1.165, 1.54) is 24.0 Å². The molecule has 4 nitrogen and oxygen atoms in total. The molecule has 122 valence electrons. The number of rotatable bonds is 5. The monoisotopic (exact) mass is 303 g/mol. The first-order valence-electron chi connectivity index (χ1n) is 8.48. The fourth-order valence-corrected chi connectivity index (χ4v) is 2.82. The largest absolute Gasteiger partial charge is 0.334 e. The van der Waals surface area contributed by atoms with E-state index in [2.05, 4.69) is 48.5 Å². The summed E-state index contributed by atoms with van der Waals surface area (Å²) in [5, 5.41) is 3.06. The highest BCUT2D eigenvalue weighted by atomic mass is 16.2. The average Bonchev–Trinajstić information content (AvgIpc) is 2.82. The third-order valence-corrected chi connectivity index (χ3v) is 4.32. The molecule has 2 rings (SSSR count). The van der Waals surface area contributed by atoms with Gasteiger partial charge in [0.25, 0.3) is 0 Å². The molecule has 0 spiro atoms. The van der Waals surface area contributed by atoms with Crippen LogP contribution in [0.25, 0.3) is 0 Å². The molecule has 0 aliphatic carbocycles. The van der Waals surface area contributed by atoms with Gasteiger partial charge in [-0.3, -0.25) is 0 Å². The average molecular weight is 303 g/mol. The second-order valence-corrected chi connectivity index (χ2v) is 6.21. The molecule has 1 saturated heterocycles. The molecule has 1 aliphatic heterocycles. The lowest BCUT2D eigenvalue weighted by atomic mass is 10.1. The zero-order chi connectivity index (χ0) is 15.8. The Morgan fingerprint density at radius 1 is 1.18 bits per heavy atom. The van der Waals surface area contributed by atoms with Crippen molar-refractivity contribution < 1.29 is 4.79 Å². The number of hydrogen-bond donors (Lipinski definition) is 1. The molecule has 0 unspecified atom stereocenters. The van der Waals surface area contributed by atoms with Crippen LogP contribution >= 0.6 is 0 Å². The minimum atomic E-state index is 0.0815. The quantitative estimate of drug-likeness (QED) is 0.906. The molecule has 22 heavy (non-hydrogen) atoms. The molecule has 0 radical (unpaired) electrons. The van der Waals surface area contributed by atoms with E-state index in [4.69, 9.17) is 0 Å². The van der Waals surface area contributed by atoms with Crippen LogP contribution in [0, 0.1) is 0 Å². The van der Waals surface area contributed by atoms with Gasteiger partial charge in [0.1, 0.15) is 0 Å². The molecule has 0 atom stereocenters. The van der Waals surface area contributed by atoms with Gasteiger partial charge in [0.05, 0.1) is 0 Å². The van der Waals surface area contributed by atoms with Crippen LogP contribution < -0.4 is 5.32 Å². The van der Waals surface area contributed by atoms with Crippen molar-refractivity contribution in [2.75, 3.05) is 26.7 Å². The Hall–Kier alpha value is -1.55. The summed E-state index contributed by atoms with van der Waals surface area (Å²) in [6.07, 6.45) is 4.76. The van der Waals surface area contributed by atoms with Crippen LogP contribution in [0.2, 0.25) is 0 Å². The smallest absolute Gasteiger partial charge is 0.317 e. The third kappa shape index (κ3) is 5.34. The van der Waals surface area contributed by atoms with E-state index in [0.717, 1.165) is 39.0 Å². The second kappa shape index (κ2) is 8.79. The van der Waals surface area contributed by atoms with E-state index < -0.39 is 0 Å². The van der Waals surface area contributed by atoms with E-state index in [1.54, 1.807) is 0 Å². The SMILES string of the molecule is CCN(C)Cc1cccc(CNC(=O)N2CCCCCC2)c1. The summed E-state index contributed by atoms with van der Waals surface area (Å²) in [4.78, 5) is 16.5. The lowest BCUT2D eigenvalue weighted by Crippen LogP contribution is -2.40.